The minimum atomic E-state index is -3.19. The van der Waals surface area contributed by atoms with Gasteiger partial charge in [-0.2, -0.15) is 0 Å². The first-order valence-electron chi connectivity index (χ1n) is 10.8. The maximum atomic E-state index is 12.8. The van der Waals surface area contributed by atoms with E-state index in [9.17, 15) is 13.2 Å². The van der Waals surface area contributed by atoms with Gasteiger partial charge in [0.1, 0.15) is 5.76 Å². The van der Waals surface area contributed by atoms with Crippen molar-refractivity contribution in [3.63, 3.8) is 0 Å². The molecule has 1 saturated heterocycles. The third-order valence-corrected chi connectivity index (χ3v) is 7.55. The van der Waals surface area contributed by atoms with Gasteiger partial charge in [-0.25, -0.2) is 13.4 Å². The highest BCUT2D eigenvalue weighted by molar-refractivity contribution is 7.91. The number of nitrogens with one attached hydrogen (secondary N) is 1. The number of hydrogen-bond acceptors (Lipinski definition) is 6. The molecule has 4 rings (SSSR count). The van der Waals surface area contributed by atoms with Crippen LogP contribution in [-0.2, 0) is 9.84 Å². The molecule has 1 aromatic heterocycles. The van der Waals surface area contributed by atoms with E-state index in [1.165, 1.54) is 0 Å². The lowest BCUT2D eigenvalue weighted by molar-refractivity contribution is 0.0925. The topological polar surface area (TPSA) is 92.5 Å². The molecular formula is C24H27N3O4S. The van der Waals surface area contributed by atoms with Crippen molar-refractivity contribution in [2.24, 2.45) is 0 Å². The van der Waals surface area contributed by atoms with Gasteiger partial charge in [-0.1, -0.05) is 25.1 Å². The molecule has 1 fully saturated rings. The summed E-state index contributed by atoms with van der Waals surface area (Å²) in [6.45, 7) is 4.94. The molecular weight excluding hydrogens is 426 g/mol. The van der Waals surface area contributed by atoms with E-state index in [1.807, 2.05) is 42.5 Å². The fourth-order valence-corrected chi connectivity index (χ4v) is 4.76. The van der Waals surface area contributed by atoms with Gasteiger partial charge in [0.2, 0.25) is 5.89 Å². The minimum Gasteiger partial charge on any atom is -0.441 e. The third kappa shape index (κ3) is 4.70. The highest BCUT2D eigenvalue weighted by Gasteiger charge is 2.25. The molecule has 0 saturated carbocycles. The van der Waals surface area contributed by atoms with E-state index in [2.05, 4.69) is 15.2 Å². The minimum absolute atomic E-state index is 0.0507. The van der Waals surface area contributed by atoms with E-state index >= 15 is 0 Å². The van der Waals surface area contributed by atoms with Crippen molar-refractivity contribution in [3.05, 3.63) is 66.1 Å². The van der Waals surface area contributed by atoms with Crippen molar-refractivity contribution >= 4 is 21.4 Å². The van der Waals surface area contributed by atoms with Gasteiger partial charge in [0.15, 0.2) is 15.5 Å². The Hall–Kier alpha value is -3.13. The molecule has 1 aliphatic heterocycles. The molecule has 32 heavy (non-hydrogen) atoms. The molecule has 8 heteroatoms. The molecule has 3 aromatic rings. The summed E-state index contributed by atoms with van der Waals surface area (Å²) >= 11 is 0. The summed E-state index contributed by atoms with van der Waals surface area (Å²) in [5, 5.41) is 3.08. The normalized spacial score (nSPS) is 15.0. The van der Waals surface area contributed by atoms with Gasteiger partial charge in [0.05, 0.1) is 10.6 Å². The fourth-order valence-electron chi connectivity index (χ4n) is 3.88. The van der Waals surface area contributed by atoms with Crippen molar-refractivity contribution in [2.75, 3.05) is 23.7 Å². The molecule has 0 bridgehead atoms. The standard InChI is InChI=1S/C24H27N3O4S/c1-3-32(29,30)21-11-9-20(10-12-21)27-15-13-19(14-16-27)25-23(28)22-17(2)31-24(26-22)18-7-5-4-6-8-18/h4-12,19H,3,13-16H2,1-2H3,(H,25,28). The lowest BCUT2D eigenvalue weighted by atomic mass is 10.0. The second-order valence-corrected chi connectivity index (χ2v) is 10.2. The Morgan fingerprint density at radius 1 is 1.09 bits per heavy atom. The van der Waals surface area contributed by atoms with Crippen LogP contribution >= 0.6 is 0 Å². The Bertz CT molecular complexity index is 1180. The van der Waals surface area contributed by atoms with Crippen LogP contribution in [0.5, 0.6) is 0 Å². The van der Waals surface area contributed by atoms with Crippen molar-refractivity contribution < 1.29 is 17.6 Å². The quantitative estimate of drug-likeness (QED) is 0.610. The highest BCUT2D eigenvalue weighted by atomic mass is 32.2. The predicted octanol–water partition coefficient (Wildman–Crippen LogP) is 3.84. The average Bonchev–Trinajstić information content (AvgIpc) is 3.22. The van der Waals surface area contributed by atoms with Crippen LogP contribution in [0.4, 0.5) is 5.69 Å². The molecule has 2 heterocycles. The Morgan fingerprint density at radius 2 is 1.75 bits per heavy atom. The van der Waals surface area contributed by atoms with Crippen molar-refractivity contribution in [3.8, 4) is 11.5 Å². The molecule has 0 unspecified atom stereocenters. The number of amides is 1. The predicted molar refractivity (Wildman–Crippen MR) is 124 cm³/mol. The maximum Gasteiger partial charge on any atom is 0.273 e. The SMILES string of the molecule is CCS(=O)(=O)c1ccc(N2CCC(NC(=O)c3nc(-c4ccccc4)oc3C)CC2)cc1. The number of aromatic nitrogens is 1. The highest BCUT2D eigenvalue weighted by Crippen LogP contribution is 2.24. The number of rotatable bonds is 6. The first-order valence-corrected chi connectivity index (χ1v) is 12.4. The van der Waals surface area contributed by atoms with Crippen molar-refractivity contribution in [1.82, 2.24) is 10.3 Å². The van der Waals surface area contributed by atoms with Crippen molar-refractivity contribution in [2.45, 2.75) is 37.6 Å². The lowest BCUT2D eigenvalue weighted by Crippen LogP contribution is -2.45. The molecule has 0 aliphatic carbocycles. The average molecular weight is 454 g/mol. The monoisotopic (exact) mass is 453 g/mol. The zero-order chi connectivity index (χ0) is 22.7. The van der Waals surface area contributed by atoms with Crippen LogP contribution < -0.4 is 10.2 Å². The maximum absolute atomic E-state index is 12.8. The van der Waals surface area contributed by atoms with Gasteiger partial charge in [-0.15, -0.1) is 0 Å². The number of piperidine rings is 1. The smallest absolute Gasteiger partial charge is 0.273 e. The number of hydrogen-bond donors (Lipinski definition) is 1. The summed E-state index contributed by atoms with van der Waals surface area (Å²) in [4.78, 5) is 19.7. The van der Waals surface area contributed by atoms with E-state index in [0.29, 0.717) is 22.2 Å². The zero-order valence-electron chi connectivity index (χ0n) is 18.2. The number of aryl methyl sites for hydroxylation is 1. The van der Waals surface area contributed by atoms with E-state index in [1.54, 1.807) is 26.0 Å². The Balaban J connectivity index is 1.35. The van der Waals surface area contributed by atoms with Gasteiger partial charge >= 0.3 is 0 Å². The van der Waals surface area contributed by atoms with Gasteiger partial charge in [-0.3, -0.25) is 4.79 Å². The molecule has 0 atom stereocenters. The zero-order valence-corrected chi connectivity index (χ0v) is 19.1. The number of anilines is 1. The number of nitrogens with zero attached hydrogens (tertiary/aromatic N) is 2. The van der Waals surface area contributed by atoms with Crippen molar-refractivity contribution in [1.29, 1.82) is 0 Å². The van der Waals surface area contributed by atoms with E-state index < -0.39 is 9.84 Å². The van der Waals surface area contributed by atoms with Gasteiger partial charge < -0.3 is 14.6 Å². The number of sulfone groups is 1. The summed E-state index contributed by atoms with van der Waals surface area (Å²) < 4.78 is 29.7. The second kappa shape index (κ2) is 9.16. The molecule has 2 aromatic carbocycles. The lowest BCUT2D eigenvalue weighted by Gasteiger charge is -2.34. The Labute approximate surface area is 188 Å². The van der Waals surface area contributed by atoms with Gasteiger partial charge in [0.25, 0.3) is 5.91 Å². The van der Waals surface area contributed by atoms with Crippen LogP contribution in [0.2, 0.25) is 0 Å². The van der Waals surface area contributed by atoms with Gasteiger partial charge in [0, 0.05) is 30.4 Å². The summed E-state index contributed by atoms with van der Waals surface area (Å²) in [5.41, 5.74) is 2.14. The van der Waals surface area contributed by atoms with E-state index in [0.717, 1.165) is 37.2 Å². The molecule has 1 amide bonds. The van der Waals surface area contributed by atoms with Crippen LogP contribution in [0.25, 0.3) is 11.5 Å². The third-order valence-electron chi connectivity index (χ3n) is 5.80. The fraction of sp³-hybridized carbons (Fsp3) is 0.333. The number of carbonyl (C=O) groups excluding carboxylic acids is 1. The molecule has 0 radical (unpaired) electrons. The van der Waals surface area contributed by atoms with Crippen LogP contribution in [-0.4, -0.2) is 44.2 Å². The van der Waals surface area contributed by atoms with Crippen LogP contribution in [0, 0.1) is 6.92 Å². The largest absolute Gasteiger partial charge is 0.441 e. The summed E-state index contributed by atoms with van der Waals surface area (Å²) in [6.07, 6.45) is 1.59. The van der Waals surface area contributed by atoms with Crippen LogP contribution in [0.3, 0.4) is 0 Å². The first kappa shape index (κ1) is 22.1. The summed E-state index contributed by atoms with van der Waals surface area (Å²) in [6, 6.07) is 16.6. The van der Waals surface area contributed by atoms with Gasteiger partial charge in [-0.05, 0) is 56.2 Å². The number of benzene rings is 2. The second-order valence-electron chi connectivity index (χ2n) is 7.92. The molecule has 1 N–H and O–H groups in total. The van der Waals surface area contributed by atoms with E-state index in [-0.39, 0.29) is 17.7 Å². The Kier molecular flexibility index (Phi) is 6.32. The summed E-state index contributed by atoms with van der Waals surface area (Å²) in [5.74, 6) is 0.813. The summed E-state index contributed by atoms with van der Waals surface area (Å²) in [7, 11) is -3.19. The molecule has 168 valence electrons. The van der Waals surface area contributed by atoms with Crippen LogP contribution in [0.15, 0.2) is 63.9 Å². The Morgan fingerprint density at radius 3 is 2.38 bits per heavy atom. The molecule has 1 aliphatic rings. The molecule has 7 nitrogen and oxygen atoms in total. The number of oxazole rings is 1. The first-order chi connectivity index (χ1) is 15.4. The molecule has 0 spiro atoms. The van der Waals surface area contributed by atoms with E-state index in [4.69, 9.17) is 4.42 Å². The number of carbonyl (C=O) groups is 1. The van der Waals surface area contributed by atoms with Crippen LogP contribution in [0.1, 0.15) is 36.0 Å².